The van der Waals surface area contributed by atoms with Crippen LogP contribution in [0.3, 0.4) is 0 Å². The van der Waals surface area contributed by atoms with Crippen LogP contribution in [0.2, 0.25) is 0 Å². The number of rotatable bonds is 6. The summed E-state index contributed by atoms with van der Waals surface area (Å²) in [6.07, 6.45) is 2.78. The minimum atomic E-state index is 0.697. The van der Waals surface area contributed by atoms with Gasteiger partial charge in [-0.15, -0.1) is 0 Å². The lowest BCUT2D eigenvalue weighted by Crippen LogP contribution is -2.50. The number of nitrogens with one attached hydrogen (secondary N) is 1. The molecule has 4 atom stereocenters. The van der Waals surface area contributed by atoms with Crippen LogP contribution in [0.4, 0.5) is 0 Å². The normalized spacial score (nSPS) is 29.5. The Balaban J connectivity index is 2.39. The molecule has 1 N–H and O–H groups in total. The Morgan fingerprint density at radius 3 is 2.39 bits per heavy atom. The standard InChI is InChI=1S/C16H34N2/c1-12(2)10-17-11-14(4)16(6)18-9-7-8-13(3)15(18)5/h12-17H,7-11H2,1-6H3. The molecule has 1 rings (SSSR count). The molecule has 0 amide bonds. The first-order valence-corrected chi connectivity index (χ1v) is 7.90. The summed E-state index contributed by atoms with van der Waals surface area (Å²) in [5, 5.41) is 3.60. The summed E-state index contributed by atoms with van der Waals surface area (Å²) in [6.45, 7) is 17.8. The van der Waals surface area contributed by atoms with Gasteiger partial charge in [0.25, 0.3) is 0 Å². The van der Waals surface area contributed by atoms with Gasteiger partial charge < -0.3 is 5.32 Å². The van der Waals surface area contributed by atoms with Crippen LogP contribution in [-0.4, -0.2) is 36.6 Å². The van der Waals surface area contributed by atoms with E-state index in [1.54, 1.807) is 0 Å². The van der Waals surface area contributed by atoms with Gasteiger partial charge in [-0.2, -0.15) is 0 Å². The Morgan fingerprint density at radius 2 is 1.78 bits per heavy atom. The summed E-state index contributed by atoms with van der Waals surface area (Å²) in [5.41, 5.74) is 0. The smallest absolute Gasteiger partial charge is 0.0108 e. The van der Waals surface area contributed by atoms with Crippen molar-refractivity contribution in [3.63, 3.8) is 0 Å². The Labute approximate surface area is 115 Å². The average Bonchev–Trinajstić information content (AvgIpc) is 2.31. The van der Waals surface area contributed by atoms with Gasteiger partial charge in [0.05, 0.1) is 0 Å². The second-order valence-electron chi connectivity index (χ2n) is 6.87. The minimum Gasteiger partial charge on any atom is -0.316 e. The summed E-state index contributed by atoms with van der Waals surface area (Å²) in [7, 11) is 0. The van der Waals surface area contributed by atoms with E-state index in [1.807, 2.05) is 0 Å². The van der Waals surface area contributed by atoms with Crippen molar-refractivity contribution in [2.24, 2.45) is 17.8 Å². The molecule has 0 saturated carbocycles. The van der Waals surface area contributed by atoms with Crippen molar-refractivity contribution in [1.29, 1.82) is 0 Å². The highest BCUT2D eigenvalue weighted by atomic mass is 15.2. The molecule has 1 aliphatic rings. The van der Waals surface area contributed by atoms with Gasteiger partial charge in [-0.1, -0.05) is 27.7 Å². The first-order chi connectivity index (χ1) is 8.43. The van der Waals surface area contributed by atoms with Crippen molar-refractivity contribution in [2.45, 2.75) is 66.5 Å². The fraction of sp³-hybridized carbons (Fsp3) is 1.00. The molecule has 4 unspecified atom stereocenters. The van der Waals surface area contributed by atoms with E-state index in [1.165, 1.54) is 19.4 Å². The lowest BCUT2D eigenvalue weighted by atomic mass is 9.88. The van der Waals surface area contributed by atoms with Gasteiger partial charge in [-0.25, -0.2) is 0 Å². The Morgan fingerprint density at radius 1 is 1.11 bits per heavy atom. The highest BCUT2D eigenvalue weighted by molar-refractivity contribution is 4.84. The molecule has 1 saturated heterocycles. The fourth-order valence-corrected chi connectivity index (χ4v) is 3.04. The zero-order valence-corrected chi connectivity index (χ0v) is 13.4. The number of hydrogen-bond acceptors (Lipinski definition) is 2. The Hall–Kier alpha value is -0.0800. The van der Waals surface area contributed by atoms with E-state index < -0.39 is 0 Å². The topological polar surface area (TPSA) is 15.3 Å². The van der Waals surface area contributed by atoms with Crippen LogP contribution in [0, 0.1) is 17.8 Å². The molecule has 1 heterocycles. The first kappa shape index (κ1) is 16.0. The van der Waals surface area contributed by atoms with Gasteiger partial charge >= 0.3 is 0 Å². The van der Waals surface area contributed by atoms with Crippen molar-refractivity contribution >= 4 is 0 Å². The quantitative estimate of drug-likeness (QED) is 0.782. The van der Waals surface area contributed by atoms with Crippen LogP contribution < -0.4 is 5.32 Å². The second-order valence-corrected chi connectivity index (χ2v) is 6.87. The van der Waals surface area contributed by atoms with E-state index in [9.17, 15) is 0 Å². The molecule has 0 aromatic heterocycles. The van der Waals surface area contributed by atoms with Crippen LogP contribution in [0.25, 0.3) is 0 Å². The maximum absolute atomic E-state index is 3.60. The molecular weight excluding hydrogens is 220 g/mol. The van der Waals surface area contributed by atoms with E-state index >= 15 is 0 Å². The van der Waals surface area contributed by atoms with E-state index in [0.29, 0.717) is 6.04 Å². The van der Waals surface area contributed by atoms with E-state index in [-0.39, 0.29) is 0 Å². The van der Waals surface area contributed by atoms with Gasteiger partial charge in [-0.05, 0) is 64.1 Å². The van der Waals surface area contributed by atoms with E-state index in [2.05, 4.69) is 51.8 Å². The zero-order valence-electron chi connectivity index (χ0n) is 13.4. The summed E-state index contributed by atoms with van der Waals surface area (Å²) in [4.78, 5) is 2.73. The minimum absolute atomic E-state index is 0.697. The SMILES string of the molecule is CC(C)CNCC(C)C(C)N1CCCC(C)C1C. The molecule has 2 nitrogen and oxygen atoms in total. The van der Waals surface area contributed by atoms with Gasteiger partial charge in [0, 0.05) is 12.1 Å². The monoisotopic (exact) mass is 254 g/mol. The second kappa shape index (κ2) is 7.49. The van der Waals surface area contributed by atoms with Crippen molar-refractivity contribution < 1.29 is 0 Å². The van der Waals surface area contributed by atoms with Gasteiger partial charge in [0.1, 0.15) is 0 Å². The molecule has 1 fully saturated rings. The number of hydrogen-bond donors (Lipinski definition) is 1. The highest BCUT2D eigenvalue weighted by Crippen LogP contribution is 2.26. The van der Waals surface area contributed by atoms with Gasteiger partial charge in [-0.3, -0.25) is 4.90 Å². The number of likely N-dealkylation sites (tertiary alicyclic amines) is 1. The largest absolute Gasteiger partial charge is 0.316 e. The molecule has 18 heavy (non-hydrogen) atoms. The predicted molar refractivity (Wildman–Crippen MR) is 80.9 cm³/mol. The van der Waals surface area contributed by atoms with Crippen molar-refractivity contribution in [3.05, 3.63) is 0 Å². The summed E-state index contributed by atoms with van der Waals surface area (Å²) < 4.78 is 0. The third-order valence-electron chi connectivity index (χ3n) is 4.79. The Kier molecular flexibility index (Phi) is 6.65. The summed E-state index contributed by atoms with van der Waals surface area (Å²) in [5.74, 6) is 2.34. The lowest BCUT2D eigenvalue weighted by Gasteiger charge is -2.43. The van der Waals surface area contributed by atoms with Crippen LogP contribution in [0.15, 0.2) is 0 Å². The summed E-state index contributed by atoms with van der Waals surface area (Å²) in [6, 6.07) is 1.45. The van der Waals surface area contributed by atoms with Crippen molar-refractivity contribution in [1.82, 2.24) is 10.2 Å². The van der Waals surface area contributed by atoms with Crippen LogP contribution in [0.5, 0.6) is 0 Å². The molecule has 108 valence electrons. The highest BCUT2D eigenvalue weighted by Gasteiger charge is 2.30. The molecule has 0 aromatic carbocycles. The first-order valence-electron chi connectivity index (χ1n) is 7.90. The van der Waals surface area contributed by atoms with Gasteiger partial charge in [0.15, 0.2) is 0 Å². The summed E-state index contributed by atoms with van der Waals surface area (Å²) >= 11 is 0. The lowest BCUT2D eigenvalue weighted by molar-refractivity contribution is 0.0519. The molecule has 0 radical (unpaired) electrons. The van der Waals surface area contributed by atoms with Crippen LogP contribution in [-0.2, 0) is 0 Å². The molecular formula is C16H34N2. The molecule has 2 heteroatoms. The molecule has 0 aromatic rings. The number of piperidine rings is 1. The number of nitrogens with zero attached hydrogens (tertiary/aromatic N) is 1. The van der Waals surface area contributed by atoms with Crippen LogP contribution >= 0.6 is 0 Å². The maximum atomic E-state index is 3.60. The maximum Gasteiger partial charge on any atom is 0.0108 e. The zero-order chi connectivity index (χ0) is 13.7. The van der Waals surface area contributed by atoms with E-state index in [4.69, 9.17) is 0 Å². The molecule has 0 aliphatic carbocycles. The average molecular weight is 254 g/mol. The Bertz CT molecular complexity index is 227. The van der Waals surface area contributed by atoms with E-state index in [0.717, 1.165) is 36.9 Å². The van der Waals surface area contributed by atoms with Crippen molar-refractivity contribution in [2.75, 3.05) is 19.6 Å². The van der Waals surface area contributed by atoms with Gasteiger partial charge in [0.2, 0.25) is 0 Å². The van der Waals surface area contributed by atoms with Crippen LogP contribution in [0.1, 0.15) is 54.4 Å². The third-order valence-corrected chi connectivity index (χ3v) is 4.79. The fourth-order valence-electron chi connectivity index (χ4n) is 3.04. The molecule has 0 spiro atoms. The predicted octanol–water partition coefficient (Wildman–Crippen LogP) is 3.38. The van der Waals surface area contributed by atoms with Crippen molar-refractivity contribution in [3.8, 4) is 0 Å². The molecule has 1 aliphatic heterocycles. The molecule has 0 bridgehead atoms. The third kappa shape index (κ3) is 4.55.